The Labute approximate surface area is 74.6 Å². The fraction of sp³-hybridized carbons (Fsp3) is 0.286. The van der Waals surface area contributed by atoms with Crippen LogP contribution in [0.5, 0.6) is 0 Å². The summed E-state index contributed by atoms with van der Waals surface area (Å²) in [7, 11) is 0. The van der Waals surface area contributed by atoms with E-state index in [1.54, 1.807) is 0 Å². The van der Waals surface area contributed by atoms with Gasteiger partial charge in [-0.15, -0.1) is 0 Å². The summed E-state index contributed by atoms with van der Waals surface area (Å²) in [5.41, 5.74) is 0. The maximum atomic E-state index is 0. The molecule has 0 aromatic rings. The molecule has 0 aliphatic heterocycles. The molecule has 0 fully saturated rings. The van der Waals surface area contributed by atoms with Crippen molar-refractivity contribution in [2.75, 3.05) is 0 Å². The molecule has 1 heteroatoms. The Bertz CT molecular complexity index is 4.35. The molecule has 0 saturated heterocycles. The molecule has 0 spiro atoms. The topological polar surface area (TPSA) is 0 Å². The van der Waals surface area contributed by atoms with Gasteiger partial charge in [-0.25, -0.2) is 0 Å². The van der Waals surface area contributed by atoms with Crippen molar-refractivity contribution in [2.24, 2.45) is 0 Å². The van der Waals surface area contributed by atoms with Gasteiger partial charge in [0.05, 0.1) is 0 Å². The van der Waals surface area contributed by atoms with Crippen LogP contribution in [-0.2, 0) is 22.4 Å². The van der Waals surface area contributed by atoms with Crippen LogP contribution in [0.3, 0.4) is 0 Å². The predicted molar refractivity (Wildman–Crippen MR) is 45.5 cm³/mol. The Kier molecular flexibility index (Phi) is 76700. The first-order chi connectivity index (χ1) is 0. The smallest absolute Gasteiger partial charge is 0.358 e. The summed E-state index contributed by atoms with van der Waals surface area (Å²) >= 11 is 0. The van der Waals surface area contributed by atoms with E-state index < -0.39 is 0 Å². The molecule has 0 amide bonds. The van der Waals surface area contributed by atoms with E-state index in [-0.39, 0.29) is 74.4 Å². The SMILES string of the molecule is C.C.[CH3-].[CH3-].[CH3-].[CH3-].[CH3-].[Ta+5]. The Morgan fingerprint density at radius 2 is 0.375 bits per heavy atom. The van der Waals surface area contributed by atoms with Gasteiger partial charge < -0.3 is 37.1 Å². The summed E-state index contributed by atoms with van der Waals surface area (Å²) in [5, 5.41) is 0. The molecular weight excluding hydrogens is 265 g/mol. The number of hydrogen-bond acceptors (Lipinski definition) is 0. The van der Waals surface area contributed by atoms with E-state index in [2.05, 4.69) is 0 Å². The van der Waals surface area contributed by atoms with Crippen molar-refractivity contribution in [1.82, 2.24) is 0 Å². The zero-order chi connectivity index (χ0) is 0. The molecule has 56 valence electrons. The van der Waals surface area contributed by atoms with Gasteiger partial charge in [-0.05, 0) is 0 Å². The van der Waals surface area contributed by atoms with Gasteiger partial charge in [0, 0.05) is 0 Å². The van der Waals surface area contributed by atoms with Crippen LogP contribution in [0.15, 0.2) is 0 Å². The molecule has 0 bridgehead atoms. The largest absolute Gasteiger partial charge is 5.00 e. The van der Waals surface area contributed by atoms with Crippen molar-refractivity contribution in [3.63, 3.8) is 0 Å². The standard InChI is InChI=1S/2CH4.5CH3.Ta/h2*1H4;5*1H3;/q;;5*-1;+5. The van der Waals surface area contributed by atoms with E-state index in [1.807, 2.05) is 0 Å². The zero-order valence-electron chi connectivity index (χ0n) is 5.45. The van der Waals surface area contributed by atoms with Crippen LogP contribution < -0.4 is 0 Å². The minimum absolute atomic E-state index is 0. The molecule has 0 nitrogen and oxygen atoms in total. The van der Waals surface area contributed by atoms with Gasteiger partial charge in [-0.2, -0.15) is 0 Å². The van der Waals surface area contributed by atoms with Crippen LogP contribution in [0.1, 0.15) is 14.9 Å². The Morgan fingerprint density at radius 3 is 0.375 bits per heavy atom. The second-order valence-electron chi connectivity index (χ2n) is 0. The van der Waals surface area contributed by atoms with Crippen molar-refractivity contribution < 1.29 is 22.4 Å². The number of hydrogen-bond donors (Lipinski definition) is 0. The van der Waals surface area contributed by atoms with Gasteiger partial charge in [-0.1, -0.05) is 14.9 Å². The van der Waals surface area contributed by atoms with Crippen molar-refractivity contribution in [2.45, 2.75) is 14.9 Å². The quantitative estimate of drug-likeness (QED) is 0.598. The first kappa shape index (κ1) is 956. The van der Waals surface area contributed by atoms with Gasteiger partial charge in [0.15, 0.2) is 0 Å². The van der Waals surface area contributed by atoms with E-state index >= 15 is 0 Å². The molecule has 0 radical (unpaired) electrons. The van der Waals surface area contributed by atoms with Crippen LogP contribution >= 0.6 is 0 Å². The summed E-state index contributed by atoms with van der Waals surface area (Å²) in [6, 6.07) is 0. The van der Waals surface area contributed by atoms with Crippen molar-refractivity contribution >= 4 is 0 Å². The maximum absolute atomic E-state index is 0. The van der Waals surface area contributed by atoms with Gasteiger partial charge in [0.1, 0.15) is 0 Å². The van der Waals surface area contributed by atoms with Gasteiger partial charge in [-0.3, -0.25) is 0 Å². The maximum Gasteiger partial charge on any atom is 5.00 e. The minimum atomic E-state index is 0. The van der Waals surface area contributed by atoms with Gasteiger partial charge >= 0.3 is 22.4 Å². The molecule has 0 aliphatic carbocycles. The summed E-state index contributed by atoms with van der Waals surface area (Å²) in [6.07, 6.45) is 0. The van der Waals surface area contributed by atoms with Crippen molar-refractivity contribution in [3.8, 4) is 0 Å². The molecule has 8 heavy (non-hydrogen) atoms. The first-order valence-electron chi connectivity index (χ1n) is 0. The summed E-state index contributed by atoms with van der Waals surface area (Å²) < 4.78 is 0. The van der Waals surface area contributed by atoms with Crippen LogP contribution in [0.25, 0.3) is 0 Å². The second-order valence-corrected chi connectivity index (χ2v) is 0. The molecule has 0 rings (SSSR count). The minimum Gasteiger partial charge on any atom is -0.358 e. The Hall–Kier alpha value is 0.740. The molecule has 0 aromatic carbocycles. The van der Waals surface area contributed by atoms with E-state index in [9.17, 15) is 0 Å². The molecular formula is C7H23Ta. The summed E-state index contributed by atoms with van der Waals surface area (Å²) in [6.45, 7) is 0. The molecule has 0 saturated carbocycles. The average Bonchev–Trinajstić information content (AvgIpc) is 0. The van der Waals surface area contributed by atoms with Crippen LogP contribution in [0, 0.1) is 37.1 Å². The molecule has 0 atom stereocenters. The average molecular weight is 288 g/mol. The zero-order valence-corrected chi connectivity index (χ0v) is 8.66. The monoisotopic (exact) mass is 288 g/mol. The van der Waals surface area contributed by atoms with Crippen molar-refractivity contribution in [1.29, 1.82) is 0 Å². The van der Waals surface area contributed by atoms with Crippen LogP contribution in [-0.4, -0.2) is 0 Å². The Balaban J connectivity index is 0. The van der Waals surface area contributed by atoms with Crippen LogP contribution in [0.4, 0.5) is 0 Å². The van der Waals surface area contributed by atoms with E-state index in [0.717, 1.165) is 0 Å². The molecule has 0 aromatic heterocycles. The number of rotatable bonds is 0. The first-order valence-corrected chi connectivity index (χ1v) is 0. The van der Waals surface area contributed by atoms with Crippen molar-refractivity contribution in [3.05, 3.63) is 37.1 Å². The summed E-state index contributed by atoms with van der Waals surface area (Å²) in [5.74, 6) is 0. The third kappa shape index (κ3) is 405. The molecule has 0 heterocycles. The van der Waals surface area contributed by atoms with Crippen LogP contribution in [0.2, 0.25) is 0 Å². The van der Waals surface area contributed by atoms with Gasteiger partial charge in [0.2, 0.25) is 0 Å². The normalized spacial score (nSPS) is 0. The third-order valence-corrected chi connectivity index (χ3v) is 0. The van der Waals surface area contributed by atoms with E-state index in [1.165, 1.54) is 0 Å². The predicted octanol–water partition coefficient (Wildman–Crippen LogP) is 3.52. The van der Waals surface area contributed by atoms with E-state index in [0.29, 0.717) is 0 Å². The van der Waals surface area contributed by atoms with Gasteiger partial charge in [0.25, 0.3) is 0 Å². The fourth-order valence-electron chi connectivity index (χ4n) is 0. The molecule has 0 unspecified atom stereocenters. The Morgan fingerprint density at radius 1 is 0.375 bits per heavy atom. The van der Waals surface area contributed by atoms with E-state index in [4.69, 9.17) is 0 Å². The molecule has 0 N–H and O–H groups in total. The third-order valence-electron chi connectivity index (χ3n) is 0. The summed E-state index contributed by atoms with van der Waals surface area (Å²) in [4.78, 5) is 0. The fourth-order valence-corrected chi connectivity index (χ4v) is 0. The second kappa shape index (κ2) is 642. The molecule has 0 aliphatic rings.